The lowest BCUT2D eigenvalue weighted by molar-refractivity contribution is -0.107. The van der Waals surface area contributed by atoms with E-state index in [2.05, 4.69) is 5.32 Å². The molecule has 0 saturated carbocycles. The summed E-state index contributed by atoms with van der Waals surface area (Å²) >= 11 is 0. The van der Waals surface area contributed by atoms with Crippen molar-refractivity contribution in [3.8, 4) is 0 Å². The topological polar surface area (TPSA) is 38.3 Å². The number of carbonyl (C=O) groups excluding carboxylic acids is 1. The first-order valence-electron chi connectivity index (χ1n) is 5.18. The summed E-state index contributed by atoms with van der Waals surface area (Å²) in [5.74, 6) is 0. The summed E-state index contributed by atoms with van der Waals surface area (Å²) in [4.78, 5) is 10.0. The molecule has 13 heavy (non-hydrogen) atoms. The highest BCUT2D eigenvalue weighted by atomic mass is 16.5. The summed E-state index contributed by atoms with van der Waals surface area (Å²) in [5.41, 5.74) is 0. The second kappa shape index (κ2) is 7.04. The van der Waals surface area contributed by atoms with E-state index < -0.39 is 0 Å². The molecular formula is C10H19NO2. The minimum Gasteiger partial charge on any atom is -0.381 e. The van der Waals surface area contributed by atoms with Crippen molar-refractivity contribution in [1.29, 1.82) is 0 Å². The maximum Gasteiger partial charge on any atom is 0.119 e. The van der Waals surface area contributed by atoms with Crippen LogP contribution in [0.25, 0.3) is 0 Å². The van der Waals surface area contributed by atoms with Gasteiger partial charge in [0.1, 0.15) is 6.29 Å². The minimum absolute atomic E-state index is 0.644. The highest BCUT2D eigenvalue weighted by molar-refractivity contribution is 5.48. The van der Waals surface area contributed by atoms with Gasteiger partial charge in [-0.3, -0.25) is 0 Å². The summed E-state index contributed by atoms with van der Waals surface area (Å²) in [5, 5.41) is 3.48. The molecule has 0 aliphatic carbocycles. The molecule has 0 aromatic rings. The quantitative estimate of drug-likeness (QED) is 0.498. The second-order valence-electron chi connectivity index (χ2n) is 3.50. The SMILES string of the molecule is O=CCCCCNC1CCOCC1. The Morgan fingerprint density at radius 3 is 2.77 bits per heavy atom. The first kappa shape index (κ1) is 10.7. The third kappa shape index (κ3) is 5.01. The number of ether oxygens (including phenoxy) is 1. The van der Waals surface area contributed by atoms with Crippen molar-refractivity contribution in [3.05, 3.63) is 0 Å². The lowest BCUT2D eigenvalue weighted by Crippen LogP contribution is -2.35. The van der Waals surface area contributed by atoms with Crippen molar-refractivity contribution < 1.29 is 9.53 Å². The average Bonchev–Trinajstić information content (AvgIpc) is 2.19. The molecule has 1 saturated heterocycles. The van der Waals surface area contributed by atoms with E-state index in [1.807, 2.05) is 0 Å². The van der Waals surface area contributed by atoms with Crippen LogP contribution in [-0.4, -0.2) is 32.1 Å². The number of nitrogens with one attached hydrogen (secondary N) is 1. The Morgan fingerprint density at radius 1 is 1.31 bits per heavy atom. The van der Waals surface area contributed by atoms with Crippen LogP contribution >= 0.6 is 0 Å². The van der Waals surface area contributed by atoms with Gasteiger partial charge in [0, 0.05) is 25.7 Å². The van der Waals surface area contributed by atoms with E-state index >= 15 is 0 Å². The standard InChI is InChI=1S/C10H19NO2/c12-7-3-1-2-6-11-10-4-8-13-9-5-10/h7,10-11H,1-6,8-9H2. The van der Waals surface area contributed by atoms with Crippen LogP contribution in [-0.2, 0) is 9.53 Å². The Balaban J connectivity index is 1.89. The third-order valence-corrected chi connectivity index (χ3v) is 2.40. The van der Waals surface area contributed by atoms with Crippen molar-refractivity contribution in [2.24, 2.45) is 0 Å². The van der Waals surface area contributed by atoms with Gasteiger partial charge in [-0.25, -0.2) is 0 Å². The van der Waals surface area contributed by atoms with E-state index in [-0.39, 0.29) is 0 Å². The zero-order valence-electron chi connectivity index (χ0n) is 8.13. The van der Waals surface area contributed by atoms with E-state index in [0.29, 0.717) is 12.5 Å². The molecule has 3 heteroatoms. The van der Waals surface area contributed by atoms with Crippen LogP contribution in [0, 0.1) is 0 Å². The summed E-state index contributed by atoms with van der Waals surface area (Å²) in [7, 11) is 0. The van der Waals surface area contributed by atoms with Crippen molar-refractivity contribution in [3.63, 3.8) is 0 Å². The fourth-order valence-corrected chi connectivity index (χ4v) is 1.56. The number of aldehydes is 1. The monoisotopic (exact) mass is 185 g/mol. The van der Waals surface area contributed by atoms with Crippen molar-refractivity contribution >= 4 is 6.29 Å². The average molecular weight is 185 g/mol. The van der Waals surface area contributed by atoms with Gasteiger partial charge in [-0.15, -0.1) is 0 Å². The molecule has 0 bridgehead atoms. The molecule has 1 rings (SSSR count). The fourth-order valence-electron chi connectivity index (χ4n) is 1.56. The maximum atomic E-state index is 10.0. The van der Waals surface area contributed by atoms with E-state index in [0.717, 1.165) is 51.7 Å². The van der Waals surface area contributed by atoms with Crippen LogP contribution < -0.4 is 5.32 Å². The van der Waals surface area contributed by atoms with Crippen LogP contribution in [0.3, 0.4) is 0 Å². The van der Waals surface area contributed by atoms with Crippen LogP contribution in [0.2, 0.25) is 0 Å². The minimum atomic E-state index is 0.644. The highest BCUT2D eigenvalue weighted by Crippen LogP contribution is 2.06. The molecule has 1 heterocycles. The number of hydrogen-bond acceptors (Lipinski definition) is 3. The molecule has 1 N–H and O–H groups in total. The van der Waals surface area contributed by atoms with Crippen molar-refractivity contribution in [2.75, 3.05) is 19.8 Å². The molecule has 0 amide bonds. The van der Waals surface area contributed by atoms with Gasteiger partial charge >= 0.3 is 0 Å². The van der Waals surface area contributed by atoms with Gasteiger partial charge in [-0.05, 0) is 32.2 Å². The molecule has 1 aliphatic heterocycles. The lowest BCUT2D eigenvalue weighted by atomic mass is 10.1. The second-order valence-corrected chi connectivity index (χ2v) is 3.50. The van der Waals surface area contributed by atoms with Gasteiger partial charge in [0.25, 0.3) is 0 Å². The zero-order chi connectivity index (χ0) is 9.36. The van der Waals surface area contributed by atoms with Gasteiger partial charge in [-0.2, -0.15) is 0 Å². The van der Waals surface area contributed by atoms with Gasteiger partial charge in [-0.1, -0.05) is 0 Å². The Labute approximate surface area is 79.8 Å². The molecular weight excluding hydrogens is 166 g/mol. The summed E-state index contributed by atoms with van der Waals surface area (Å²) in [6, 6.07) is 0.644. The van der Waals surface area contributed by atoms with Gasteiger partial charge < -0.3 is 14.8 Å². The van der Waals surface area contributed by atoms with Crippen LogP contribution in [0.15, 0.2) is 0 Å². The molecule has 1 aliphatic rings. The molecule has 0 unspecified atom stereocenters. The lowest BCUT2D eigenvalue weighted by Gasteiger charge is -2.23. The molecule has 1 fully saturated rings. The van der Waals surface area contributed by atoms with Crippen molar-refractivity contribution in [2.45, 2.75) is 38.1 Å². The maximum absolute atomic E-state index is 10.0. The number of hydrogen-bond donors (Lipinski definition) is 1. The van der Waals surface area contributed by atoms with Crippen LogP contribution in [0.1, 0.15) is 32.1 Å². The summed E-state index contributed by atoms with van der Waals surface area (Å²) in [6.45, 7) is 2.83. The van der Waals surface area contributed by atoms with E-state index in [4.69, 9.17) is 4.74 Å². The predicted molar refractivity (Wildman–Crippen MR) is 51.8 cm³/mol. The van der Waals surface area contributed by atoms with Gasteiger partial charge in [0.05, 0.1) is 0 Å². The van der Waals surface area contributed by atoms with Gasteiger partial charge in [0.15, 0.2) is 0 Å². The molecule has 0 radical (unpaired) electrons. The van der Waals surface area contributed by atoms with Crippen LogP contribution in [0.5, 0.6) is 0 Å². The zero-order valence-corrected chi connectivity index (χ0v) is 8.13. The Morgan fingerprint density at radius 2 is 2.08 bits per heavy atom. The highest BCUT2D eigenvalue weighted by Gasteiger charge is 2.11. The number of rotatable bonds is 6. The fraction of sp³-hybridized carbons (Fsp3) is 0.900. The molecule has 0 aromatic heterocycles. The Kier molecular flexibility index (Phi) is 5.78. The molecule has 0 spiro atoms. The molecule has 3 nitrogen and oxygen atoms in total. The first-order chi connectivity index (χ1) is 6.43. The Bertz CT molecular complexity index is 133. The normalized spacial score (nSPS) is 18.8. The van der Waals surface area contributed by atoms with Crippen LogP contribution in [0.4, 0.5) is 0 Å². The molecule has 0 atom stereocenters. The largest absolute Gasteiger partial charge is 0.381 e. The summed E-state index contributed by atoms with van der Waals surface area (Å²) < 4.78 is 5.26. The predicted octanol–water partition coefficient (Wildman–Crippen LogP) is 1.12. The van der Waals surface area contributed by atoms with E-state index in [1.54, 1.807) is 0 Å². The summed E-state index contributed by atoms with van der Waals surface area (Å²) in [6.07, 6.45) is 6.08. The number of carbonyl (C=O) groups is 1. The smallest absolute Gasteiger partial charge is 0.119 e. The Hall–Kier alpha value is -0.410. The van der Waals surface area contributed by atoms with E-state index in [9.17, 15) is 4.79 Å². The van der Waals surface area contributed by atoms with Crippen molar-refractivity contribution in [1.82, 2.24) is 5.32 Å². The third-order valence-electron chi connectivity index (χ3n) is 2.40. The van der Waals surface area contributed by atoms with E-state index in [1.165, 1.54) is 0 Å². The first-order valence-corrected chi connectivity index (χ1v) is 5.18. The van der Waals surface area contributed by atoms with Gasteiger partial charge in [0.2, 0.25) is 0 Å². The number of unbranched alkanes of at least 4 members (excludes halogenated alkanes) is 2. The molecule has 0 aromatic carbocycles. The molecule has 76 valence electrons.